The molecule has 14 heavy (non-hydrogen) atoms. The van der Waals surface area contributed by atoms with Crippen molar-refractivity contribution in [1.29, 1.82) is 0 Å². The molecule has 0 aromatic heterocycles. The van der Waals surface area contributed by atoms with Crippen LogP contribution in [0.25, 0.3) is 0 Å². The van der Waals surface area contributed by atoms with Gasteiger partial charge in [-0.05, 0) is 12.5 Å². The normalized spacial score (nSPS) is 12.1. The van der Waals surface area contributed by atoms with Crippen LogP contribution in [0.2, 0.25) is 0 Å². The highest BCUT2D eigenvalue weighted by atomic mass is 16.1. The number of nitrogens with zero attached hydrogens (tertiary/aromatic N) is 1. The van der Waals surface area contributed by atoms with Gasteiger partial charge in [-0.2, -0.15) is 0 Å². The molecular weight excluding hydrogens is 176 g/mol. The molecule has 0 aliphatic rings. The third kappa shape index (κ3) is 2.85. The Kier molecular flexibility index (Phi) is 4.13. The van der Waals surface area contributed by atoms with Crippen LogP contribution >= 0.6 is 0 Å². The van der Waals surface area contributed by atoms with Gasteiger partial charge in [-0.15, -0.1) is 0 Å². The Hall–Kier alpha value is -1.35. The zero-order valence-electron chi connectivity index (χ0n) is 8.31. The molecule has 0 saturated heterocycles. The van der Waals surface area contributed by atoms with E-state index < -0.39 is 0 Å². The van der Waals surface area contributed by atoms with E-state index in [0.29, 0.717) is 13.1 Å². The van der Waals surface area contributed by atoms with Crippen molar-refractivity contribution in [1.82, 2.24) is 5.32 Å². The molecular formula is C11H15N2O. The van der Waals surface area contributed by atoms with Gasteiger partial charge in [-0.3, -0.25) is 4.79 Å². The van der Waals surface area contributed by atoms with Crippen molar-refractivity contribution in [2.45, 2.75) is 12.8 Å². The van der Waals surface area contributed by atoms with Crippen molar-refractivity contribution < 1.29 is 4.79 Å². The molecule has 0 heterocycles. The predicted molar refractivity (Wildman–Crippen MR) is 55.9 cm³/mol. The smallest absolute Gasteiger partial charge is 0.248 e. The SMILES string of the molecule is CC(C(=O)[N]CCN)c1ccccc1. The number of nitrogens with two attached hydrogens (primary N) is 1. The average Bonchev–Trinajstić information content (AvgIpc) is 2.26. The fourth-order valence-electron chi connectivity index (χ4n) is 1.20. The van der Waals surface area contributed by atoms with Crippen LogP contribution in [-0.4, -0.2) is 19.0 Å². The molecule has 0 spiro atoms. The molecule has 2 N–H and O–H groups in total. The number of benzene rings is 1. The standard InChI is InChI=1S/C11H15N2O/c1-9(11(14)13-8-7-12)10-5-3-2-4-6-10/h2-6,9H,7-8,12H2,1H3. The fourth-order valence-corrected chi connectivity index (χ4v) is 1.20. The maximum atomic E-state index is 11.5. The summed E-state index contributed by atoms with van der Waals surface area (Å²) in [6.07, 6.45) is 0. The van der Waals surface area contributed by atoms with E-state index in [9.17, 15) is 4.79 Å². The highest BCUT2D eigenvalue weighted by molar-refractivity contribution is 5.82. The third-order valence-corrected chi connectivity index (χ3v) is 2.07. The summed E-state index contributed by atoms with van der Waals surface area (Å²) in [7, 11) is 0. The summed E-state index contributed by atoms with van der Waals surface area (Å²) >= 11 is 0. The first-order chi connectivity index (χ1) is 6.75. The summed E-state index contributed by atoms with van der Waals surface area (Å²) in [5.74, 6) is -0.260. The van der Waals surface area contributed by atoms with Crippen molar-refractivity contribution in [2.24, 2.45) is 5.73 Å². The van der Waals surface area contributed by atoms with Gasteiger partial charge in [0, 0.05) is 6.54 Å². The number of rotatable bonds is 4. The first-order valence-electron chi connectivity index (χ1n) is 4.72. The van der Waals surface area contributed by atoms with E-state index in [4.69, 9.17) is 5.73 Å². The van der Waals surface area contributed by atoms with Gasteiger partial charge in [0.1, 0.15) is 0 Å². The van der Waals surface area contributed by atoms with Crippen molar-refractivity contribution in [2.75, 3.05) is 13.1 Å². The molecule has 1 rings (SSSR count). The van der Waals surface area contributed by atoms with Crippen LogP contribution in [0.5, 0.6) is 0 Å². The van der Waals surface area contributed by atoms with E-state index in [1.54, 1.807) is 0 Å². The van der Waals surface area contributed by atoms with Crippen molar-refractivity contribution in [3.05, 3.63) is 35.9 Å². The van der Waals surface area contributed by atoms with Crippen LogP contribution in [0.3, 0.4) is 0 Å². The van der Waals surface area contributed by atoms with E-state index in [1.807, 2.05) is 37.3 Å². The summed E-state index contributed by atoms with van der Waals surface area (Å²) in [6, 6.07) is 9.63. The van der Waals surface area contributed by atoms with Gasteiger partial charge < -0.3 is 5.73 Å². The van der Waals surface area contributed by atoms with Crippen molar-refractivity contribution >= 4 is 5.91 Å². The molecule has 1 unspecified atom stereocenters. The summed E-state index contributed by atoms with van der Waals surface area (Å²) < 4.78 is 0. The molecule has 3 heteroatoms. The number of hydrogen-bond acceptors (Lipinski definition) is 2. The first-order valence-corrected chi connectivity index (χ1v) is 4.72. The van der Waals surface area contributed by atoms with Gasteiger partial charge in [0.15, 0.2) is 0 Å². The summed E-state index contributed by atoms with van der Waals surface area (Å²) in [5.41, 5.74) is 6.27. The molecule has 1 aromatic rings. The lowest BCUT2D eigenvalue weighted by atomic mass is 10.0. The predicted octanol–water partition coefficient (Wildman–Crippen LogP) is 0.880. The van der Waals surface area contributed by atoms with Crippen LogP contribution in [0.1, 0.15) is 18.4 Å². The van der Waals surface area contributed by atoms with Gasteiger partial charge in [-0.1, -0.05) is 30.3 Å². The van der Waals surface area contributed by atoms with Crippen LogP contribution in [0.15, 0.2) is 30.3 Å². The maximum absolute atomic E-state index is 11.5. The number of carbonyl (C=O) groups excluding carboxylic acids is 1. The van der Waals surface area contributed by atoms with Gasteiger partial charge in [0.05, 0.1) is 12.5 Å². The van der Waals surface area contributed by atoms with E-state index in [0.717, 1.165) is 5.56 Å². The topological polar surface area (TPSA) is 57.2 Å². The quantitative estimate of drug-likeness (QED) is 0.768. The molecule has 1 atom stereocenters. The number of hydrogen-bond donors (Lipinski definition) is 1. The summed E-state index contributed by atoms with van der Waals surface area (Å²) in [4.78, 5) is 11.5. The Balaban J connectivity index is 2.57. The van der Waals surface area contributed by atoms with E-state index in [-0.39, 0.29) is 11.8 Å². The van der Waals surface area contributed by atoms with Crippen LogP contribution < -0.4 is 11.1 Å². The first kappa shape index (κ1) is 10.7. The minimum atomic E-state index is -0.164. The molecule has 1 radical (unpaired) electrons. The molecule has 0 aliphatic carbocycles. The monoisotopic (exact) mass is 191 g/mol. The molecule has 75 valence electrons. The van der Waals surface area contributed by atoms with Gasteiger partial charge in [-0.25, -0.2) is 5.32 Å². The minimum Gasteiger partial charge on any atom is -0.329 e. The van der Waals surface area contributed by atoms with Crippen LogP contribution in [0.4, 0.5) is 0 Å². The lowest BCUT2D eigenvalue weighted by Gasteiger charge is -2.09. The van der Waals surface area contributed by atoms with Crippen molar-refractivity contribution in [3.8, 4) is 0 Å². The number of amides is 1. The second-order valence-corrected chi connectivity index (χ2v) is 3.14. The molecule has 1 amide bonds. The Morgan fingerprint density at radius 2 is 2.07 bits per heavy atom. The van der Waals surface area contributed by atoms with Gasteiger partial charge in [0.25, 0.3) is 0 Å². The molecule has 0 fully saturated rings. The molecule has 0 bridgehead atoms. The summed E-state index contributed by atoms with van der Waals surface area (Å²) in [6.45, 7) is 2.70. The van der Waals surface area contributed by atoms with Crippen molar-refractivity contribution in [3.63, 3.8) is 0 Å². The second kappa shape index (κ2) is 5.40. The maximum Gasteiger partial charge on any atom is 0.248 e. The number of carbonyl (C=O) groups is 1. The largest absolute Gasteiger partial charge is 0.329 e. The van der Waals surface area contributed by atoms with Gasteiger partial charge >= 0.3 is 0 Å². The van der Waals surface area contributed by atoms with E-state index >= 15 is 0 Å². The Bertz CT molecular complexity index is 285. The Morgan fingerprint density at radius 1 is 1.43 bits per heavy atom. The molecule has 0 aliphatic heterocycles. The summed E-state index contributed by atoms with van der Waals surface area (Å²) in [5, 5.41) is 3.86. The highest BCUT2D eigenvalue weighted by Gasteiger charge is 2.14. The second-order valence-electron chi connectivity index (χ2n) is 3.14. The zero-order valence-corrected chi connectivity index (χ0v) is 8.31. The lowest BCUT2D eigenvalue weighted by molar-refractivity contribution is -0.122. The third-order valence-electron chi connectivity index (χ3n) is 2.07. The van der Waals surface area contributed by atoms with Gasteiger partial charge in [0.2, 0.25) is 5.91 Å². The fraction of sp³-hybridized carbons (Fsp3) is 0.364. The molecule has 0 saturated carbocycles. The zero-order chi connectivity index (χ0) is 10.4. The Morgan fingerprint density at radius 3 is 2.64 bits per heavy atom. The average molecular weight is 191 g/mol. The highest BCUT2D eigenvalue weighted by Crippen LogP contribution is 2.14. The molecule has 3 nitrogen and oxygen atoms in total. The van der Waals surface area contributed by atoms with Crippen LogP contribution in [0, 0.1) is 0 Å². The van der Waals surface area contributed by atoms with E-state index in [2.05, 4.69) is 5.32 Å². The molecule has 1 aromatic carbocycles. The minimum absolute atomic E-state index is 0.0957. The van der Waals surface area contributed by atoms with Crippen LogP contribution in [-0.2, 0) is 4.79 Å². The van der Waals surface area contributed by atoms with E-state index in [1.165, 1.54) is 0 Å². The lowest BCUT2D eigenvalue weighted by Crippen LogP contribution is -2.26. The Labute approximate surface area is 84.3 Å².